The summed E-state index contributed by atoms with van der Waals surface area (Å²) in [6, 6.07) is 12.8. The summed E-state index contributed by atoms with van der Waals surface area (Å²) in [5, 5.41) is 10.2. The van der Waals surface area contributed by atoms with E-state index in [0.717, 1.165) is 12.8 Å². The van der Waals surface area contributed by atoms with Crippen LogP contribution in [0.1, 0.15) is 51.0 Å². The summed E-state index contributed by atoms with van der Waals surface area (Å²) in [6.45, 7) is 3.66. The minimum atomic E-state index is -1.20. The zero-order valence-electron chi connectivity index (χ0n) is 20.8. The van der Waals surface area contributed by atoms with Gasteiger partial charge in [-0.3, -0.25) is 24.3 Å². The van der Waals surface area contributed by atoms with E-state index in [-0.39, 0.29) is 49.1 Å². The maximum absolute atomic E-state index is 13.8. The zero-order chi connectivity index (χ0) is 25.5. The van der Waals surface area contributed by atoms with Gasteiger partial charge in [0.05, 0.1) is 24.3 Å². The molecule has 8 nitrogen and oxygen atoms in total. The number of likely N-dealkylation sites (tertiary alicyclic amines) is 2. The van der Waals surface area contributed by atoms with E-state index in [1.165, 1.54) is 4.90 Å². The third-order valence-corrected chi connectivity index (χ3v) is 7.47. The van der Waals surface area contributed by atoms with Gasteiger partial charge in [0.1, 0.15) is 5.75 Å². The molecule has 0 spiro atoms. The largest absolute Gasteiger partial charge is 0.492 e. The number of hydrogen-bond acceptors (Lipinski definition) is 6. The second-order valence-corrected chi connectivity index (χ2v) is 9.74. The number of rotatable bonds is 10. The van der Waals surface area contributed by atoms with Crippen molar-refractivity contribution in [3.8, 4) is 5.75 Å². The molecule has 2 aliphatic rings. The molecule has 3 heterocycles. The number of aromatic nitrogens is 1. The van der Waals surface area contributed by atoms with Crippen LogP contribution in [0.5, 0.6) is 5.75 Å². The zero-order valence-corrected chi connectivity index (χ0v) is 20.8. The molecule has 1 N–H and O–H groups in total. The van der Waals surface area contributed by atoms with Crippen LogP contribution in [0.15, 0.2) is 54.9 Å². The number of carbonyl (C=O) groups is 3. The second kappa shape index (κ2) is 11.6. The summed E-state index contributed by atoms with van der Waals surface area (Å²) in [5.74, 6) is 0.135. The fourth-order valence-electron chi connectivity index (χ4n) is 5.33. The van der Waals surface area contributed by atoms with Crippen LogP contribution in [0.4, 0.5) is 0 Å². The van der Waals surface area contributed by atoms with Gasteiger partial charge in [-0.05, 0) is 49.3 Å². The van der Waals surface area contributed by atoms with Gasteiger partial charge in [-0.25, -0.2) is 0 Å². The molecular weight excluding hydrogens is 458 g/mol. The minimum absolute atomic E-state index is 0.0178. The van der Waals surface area contributed by atoms with Gasteiger partial charge in [-0.15, -0.1) is 0 Å². The molecule has 2 aromatic rings. The summed E-state index contributed by atoms with van der Waals surface area (Å²) in [6.07, 6.45) is 5.56. The van der Waals surface area contributed by atoms with Gasteiger partial charge in [0.2, 0.25) is 17.7 Å². The Morgan fingerprint density at radius 1 is 1.17 bits per heavy atom. The number of benzene rings is 1. The standard InChI is InChI=1S/C28H35N3O5/c1-2-24(32)21-11-15-30(16-12-21)25(33)18-28(22-8-4-3-5-9-22)19-26(34)31(27(28)35)14-7-17-36-23-10-6-13-29-20-23/h3-6,8-10,13,20-21,24,32H,2,7,11-12,14-19H2,1H3/t24-,28+/m0/s1. The number of hydrogen-bond donors (Lipinski definition) is 1. The molecule has 1 aromatic heterocycles. The van der Waals surface area contributed by atoms with Crippen LogP contribution in [0.2, 0.25) is 0 Å². The SMILES string of the molecule is CC[C@H](O)C1CCN(C(=O)C[C@]2(c3ccccc3)CC(=O)N(CCCOc3cccnc3)C2=O)CC1. The van der Waals surface area contributed by atoms with Crippen molar-refractivity contribution in [2.24, 2.45) is 5.92 Å². The lowest BCUT2D eigenvalue weighted by Gasteiger charge is -2.36. The highest BCUT2D eigenvalue weighted by molar-refractivity contribution is 6.10. The Hall–Kier alpha value is -3.26. The monoisotopic (exact) mass is 493 g/mol. The molecule has 192 valence electrons. The molecule has 36 heavy (non-hydrogen) atoms. The van der Waals surface area contributed by atoms with Gasteiger partial charge in [0, 0.05) is 38.7 Å². The lowest BCUT2D eigenvalue weighted by molar-refractivity contribution is -0.143. The van der Waals surface area contributed by atoms with Gasteiger partial charge >= 0.3 is 0 Å². The third-order valence-electron chi connectivity index (χ3n) is 7.47. The van der Waals surface area contributed by atoms with Crippen LogP contribution < -0.4 is 4.74 Å². The van der Waals surface area contributed by atoms with E-state index < -0.39 is 5.41 Å². The van der Waals surface area contributed by atoms with Crippen LogP contribution in [-0.2, 0) is 19.8 Å². The Bertz CT molecular complexity index is 1040. The van der Waals surface area contributed by atoms with Gasteiger partial charge in [0.25, 0.3) is 0 Å². The smallest absolute Gasteiger partial charge is 0.240 e. The number of nitrogens with zero attached hydrogens (tertiary/aromatic N) is 3. The molecule has 4 rings (SSSR count). The van der Waals surface area contributed by atoms with Crippen molar-refractivity contribution in [3.05, 3.63) is 60.4 Å². The third kappa shape index (κ3) is 5.59. The van der Waals surface area contributed by atoms with Gasteiger partial charge in [-0.1, -0.05) is 37.3 Å². The van der Waals surface area contributed by atoms with Crippen LogP contribution in [0, 0.1) is 5.92 Å². The molecule has 2 saturated heterocycles. The lowest BCUT2D eigenvalue weighted by Crippen LogP contribution is -2.46. The van der Waals surface area contributed by atoms with Crippen molar-refractivity contribution in [3.63, 3.8) is 0 Å². The van der Waals surface area contributed by atoms with Crippen molar-refractivity contribution in [1.29, 1.82) is 0 Å². The van der Waals surface area contributed by atoms with Gasteiger partial charge in [-0.2, -0.15) is 0 Å². The molecule has 0 unspecified atom stereocenters. The molecule has 0 bridgehead atoms. The summed E-state index contributed by atoms with van der Waals surface area (Å²) >= 11 is 0. The molecule has 1 aromatic carbocycles. The average Bonchev–Trinajstić information content (AvgIpc) is 3.16. The van der Waals surface area contributed by atoms with E-state index in [0.29, 0.717) is 43.9 Å². The first-order valence-electron chi connectivity index (χ1n) is 12.8. The van der Waals surface area contributed by atoms with Crippen molar-refractivity contribution in [2.75, 3.05) is 26.2 Å². The predicted octanol–water partition coefficient (Wildman–Crippen LogP) is 2.95. The van der Waals surface area contributed by atoms with Crippen molar-refractivity contribution >= 4 is 17.7 Å². The van der Waals surface area contributed by atoms with Crippen LogP contribution >= 0.6 is 0 Å². The molecule has 0 saturated carbocycles. The van der Waals surface area contributed by atoms with Gasteiger partial charge in [0.15, 0.2) is 0 Å². The molecule has 2 atom stereocenters. The van der Waals surface area contributed by atoms with E-state index in [4.69, 9.17) is 4.74 Å². The molecule has 0 aliphatic carbocycles. The number of piperidine rings is 1. The van der Waals surface area contributed by atoms with Crippen LogP contribution in [-0.4, -0.2) is 70.0 Å². The fourth-order valence-corrected chi connectivity index (χ4v) is 5.33. The summed E-state index contributed by atoms with van der Waals surface area (Å²) in [7, 11) is 0. The molecule has 0 radical (unpaired) electrons. The Kier molecular flexibility index (Phi) is 8.36. The highest BCUT2D eigenvalue weighted by Crippen LogP contribution is 2.40. The van der Waals surface area contributed by atoms with Crippen molar-refractivity contribution in [1.82, 2.24) is 14.8 Å². The topological polar surface area (TPSA) is 100 Å². The van der Waals surface area contributed by atoms with E-state index in [1.807, 2.05) is 37.3 Å². The van der Waals surface area contributed by atoms with Crippen molar-refractivity contribution in [2.45, 2.75) is 57.0 Å². The molecule has 3 amide bonds. The van der Waals surface area contributed by atoms with Crippen LogP contribution in [0.25, 0.3) is 0 Å². The highest BCUT2D eigenvalue weighted by atomic mass is 16.5. The first kappa shape index (κ1) is 25.8. The summed E-state index contributed by atoms with van der Waals surface area (Å²) in [5.41, 5.74) is -0.499. The number of amides is 3. The number of imide groups is 1. The fraction of sp³-hybridized carbons (Fsp3) is 0.500. The summed E-state index contributed by atoms with van der Waals surface area (Å²) < 4.78 is 5.66. The number of ether oxygens (including phenoxy) is 1. The second-order valence-electron chi connectivity index (χ2n) is 9.74. The Labute approximate surface area is 212 Å². The minimum Gasteiger partial charge on any atom is -0.492 e. The van der Waals surface area contributed by atoms with E-state index in [2.05, 4.69) is 4.98 Å². The summed E-state index contributed by atoms with van der Waals surface area (Å²) in [4.78, 5) is 47.3. The number of aliphatic hydroxyl groups is 1. The van der Waals surface area contributed by atoms with E-state index >= 15 is 0 Å². The Balaban J connectivity index is 1.44. The molecule has 2 fully saturated rings. The Morgan fingerprint density at radius 3 is 2.58 bits per heavy atom. The first-order valence-corrected chi connectivity index (χ1v) is 12.8. The lowest BCUT2D eigenvalue weighted by atomic mass is 9.75. The van der Waals surface area contributed by atoms with E-state index in [1.54, 1.807) is 29.4 Å². The highest BCUT2D eigenvalue weighted by Gasteiger charge is 2.54. The number of aliphatic hydroxyl groups excluding tert-OH is 1. The number of carbonyl (C=O) groups excluding carboxylic acids is 3. The van der Waals surface area contributed by atoms with E-state index in [9.17, 15) is 19.5 Å². The van der Waals surface area contributed by atoms with Gasteiger partial charge < -0.3 is 14.7 Å². The molecule has 2 aliphatic heterocycles. The first-order chi connectivity index (χ1) is 17.4. The molecule has 8 heteroatoms. The quantitative estimate of drug-likeness (QED) is 0.404. The van der Waals surface area contributed by atoms with Crippen LogP contribution in [0.3, 0.4) is 0 Å². The Morgan fingerprint density at radius 2 is 1.92 bits per heavy atom. The maximum atomic E-state index is 13.8. The number of pyridine rings is 1. The maximum Gasteiger partial charge on any atom is 0.240 e. The van der Waals surface area contributed by atoms with Crippen molar-refractivity contribution < 1.29 is 24.2 Å². The average molecular weight is 494 g/mol. The normalized spacial score (nSPS) is 21.6. The predicted molar refractivity (Wildman–Crippen MR) is 134 cm³/mol. The molecular formula is C28H35N3O5.